The van der Waals surface area contributed by atoms with Crippen molar-refractivity contribution < 1.29 is 23.7 Å². The van der Waals surface area contributed by atoms with E-state index in [1.807, 2.05) is 0 Å². The van der Waals surface area contributed by atoms with Gasteiger partial charge in [0, 0.05) is 15.6 Å². The third kappa shape index (κ3) is 3.52. The molecule has 0 amide bonds. The van der Waals surface area contributed by atoms with E-state index in [-0.39, 0.29) is 6.61 Å². The number of fused-ring (bicyclic) bond motifs is 1. The summed E-state index contributed by atoms with van der Waals surface area (Å²) in [6.45, 7) is 0.878. The van der Waals surface area contributed by atoms with Gasteiger partial charge >= 0.3 is 5.97 Å². The van der Waals surface area contributed by atoms with E-state index < -0.39 is 5.97 Å². The zero-order valence-corrected chi connectivity index (χ0v) is 14.3. The molecule has 126 valence electrons. The first-order chi connectivity index (χ1) is 11.6. The zero-order valence-electron chi connectivity index (χ0n) is 12.8. The third-order valence-electron chi connectivity index (χ3n) is 3.44. The molecule has 0 spiro atoms. The fourth-order valence-electron chi connectivity index (χ4n) is 2.26. The van der Waals surface area contributed by atoms with Crippen molar-refractivity contribution in [1.29, 1.82) is 0 Å². The van der Waals surface area contributed by atoms with E-state index >= 15 is 0 Å². The smallest absolute Gasteiger partial charge is 0.338 e. The lowest BCUT2D eigenvalue weighted by atomic mass is 10.1. The average molecular weight is 369 g/mol. The molecule has 0 saturated heterocycles. The zero-order chi connectivity index (χ0) is 17.1. The van der Waals surface area contributed by atoms with Crippen molar-refractivity contribution in [1.82, 2.24) is 0 Å². The predicted octanol–water partition coefficient (Wildman–Crippen LogP) is 4.13. The second kappa shape index (κ2) is 7.20. The molecule has 5 nitrogen and oxygen atoms in total. The summed E-state index contributed by atoms with van der Waals surface area (Å²) in [4.78, 5) is 12.3. The number of hydrogen-bond donors (Lipinski definition) is 0. The molecule has 0 aromatic heterocycles. The molecule has 0 bridgehead atoms. The molecule has 0 N–H and O–H groups in total. The summed E-state index contributed by atoms with van der Waals surface area (Å²) in [6, 6.07) is 8.12. The Kier molecular flexibility index (Phi) is 5.02. The van der Waals surface area contributed by atoms with Crippen LogP contribution in [0.5, 0.6) is 17.2 Å². The van der Waals surface area contributed by atoms with Gasteiger partial charge in [-0.2, -0.15) is 0 Å². The molecule has 0 radical (unpaired) electrons. The van der Waals surface area contributed by atoms with Crippen LogP contribution in [0.25, 0.3) is 0 Å². The van der Waals surface area contributed by atoms with Gasteiger partial charge in [0.15, 0.2) is 11.5 Å². The standard InChI is InChI=1S/C17H14Cl2O5/c1-21-14-6-11(7-15-16(14)23-5-4-22-15)17(20)24-9-10-2-3-12(18)8-13(10)19/h2-3,6-8H,4-5,9H2,1H3. The molecule has 0 unspecified atom stereocenters. The third-order valence-corrected chi connectivity index (χ3v) is 4.02. The van der Waals surface area contributed by atoms with Crippen molar-refractivity contribution in [3.05, 3.63) is 51.5 Å². The van der Waals surface area contributed by atoms with Crippen LogP contribution in [0.2, 0.25) is 10.0 Å². The highest BCUT2D eigenvalue weighted by Crippen LogP contribution is 2.40. The van der Waals surface area contributed by atoms with E-state index in [1.54, 1.807) is 30.3 Å². The Hall–Kier alpha value is -2.11. The minimum Gasteiger partial charge on any atom is -0.493 e. The van der Waals surface area contributed by atoms with Crippen LogP contribution in [0.3, 0.4) is 0 Å². The minimum absolute atomic E-state index is 0.0333. The van der Waals surface area contributed by atoms with Crippen molar-refractivity contribution in [3.63, 3.8) is 0 Å². The number of carbonyl (C=O) groups excluding carboxylic acids is 1. The lowest BCUT2D eigenvalue weighted by molar-refractivity contribution is 0.0471. The second-order valence-corrected chi connectivity index (χ2v) is 5.86. The largest absolute Gasteiger partial charge is 0.493 e. The molecule has 1 aliphatic rings. The van der Waals surface area contributed by atoms with Gasteiger partial charge in [-0.25, -0.2) is 4.79 Å². The summed E-state index contributed by atoms with van der Waals surface area (Å²) in [5.74, 6) is 0.845. The van der Waals surface area contributed by atoms with Gasteiger partial charge in [0.25, 0.3) is 0 Å². The monoisotopic (exact) mass is 368 g/mol. The van der Waals surface area contributed by atoms with E-state index in [9.17, 15) is 4.79 Å². The van der Waals surface area contributed by atoms with Gasteiger partial charge in [-0.05, 0) is 24.3 Å². The van der Waals surface area contributed by atoms with Crippen molar-refractivity contribution >= 4 is 29.2 Å². The molecule has 1 heterocycles. The number of methoxy groups -OCH3 is 1. The first-order valence-corrected chi connectivity index (χ1v) is 7.93. The van der Waals surface area contributed by atoms with Crippen LogP contribution in [0, 0.1) is 0 Å². The Morgan fingerprint density at radius 3 is 2.71 bits per heavy atom. The van der Waals surface area contributed by atoms with E-state index in [0.29, 0.717) is 51.6 Å². The number of ether oxygens (including phenoxy) is 4. The molecule has 1 aliphatic heterocycles. The lowest BCUT2D eigenvalue weighted by Crippen LogP contribution is -2.17. The summed E-state index contributed by atoms with van der Waals surface area (Å²) < 4.78 is 21.6. The highest BCUT2D eigenvalue weighted by molar-refractivity contribution is 6.35. The molecule has 2 aromatic rings. The molecule has 0 aliphatic carbocycles. The number of halogens is 2. The van der Waals surface area contributed by atoms with Crippen LogP contribution in [0.15, 0.2) is 30.3 Å². The Morgan fingerprint density at radius 1 is 1.17 bits per heavy atom. The van der Waals surface area contributed by atoms with Crippen molar-refractivity contribution in [3.8, 4) is 17.2 Å². The fraction of sp³-hybridized carbons (Fsp3) is 0.235. The topological polar surface area (TPSA) is 54.0 Å². The summed E-state index contributed by atoms with van der Waals surface area (Å²) >= 11 is 11.9. The Balaban J connectivity index is 1.77. The first-order valence-electron chi connectivity index (χ1n) is 7.17. The van der Waals surface area contributed by atoms with Gasteiger partial charge in [-0.3, -0.25) is 0 Å². The molecule has 0 fully saturated rings. The van der Waals surface area contributed by atoms with Crippen LogP contribution in [-0.4, -0.2) is 26.3 Å². The van der Waals surface area contributed by atoms with E-state index in [1.165, 1.54) is 7.11 Å². The van der Waals surface area contributed by atoms with Gasteiger partial charge in [0.2, 0.25) is 5.75 Å². The Labute approximate surface area is 149 Å². The molecule has 2 aromatic carbocycles. The molecule has 24 heavy (non-hydrogen) atoms. The number of esters is 1. The van der Waals surface area contributed by atoms with Crippen molar-refractivity contribution in [2.45, 2.75) is 6.61 Å². The van der Waals surface area contributed by atoms with Gasteiger partial charge < -0.3 is 18.9 Å². The second-order valence-electron chi connectivity index (χ2n) is 5.01. The van der Waals surface area contributed by atoms with Crippen LogP contribution in [-0.2, 0) is 11.3 Å². The highest BCUT2D eigenvalue weighted by Gasteiger charge is 2.21. The summed E-state index contributed by atoms with van der Waals surface area (Å²) in [7, 11) is 1.50. The summed E-state index contributed by atoms with van der Waals surface area (Å²) in [5, 5.41) is 0.960. The lowest BCUT2D eigenvalue weighted by Gasteiger charge is -2.21. The van der Waals surface area contributed by atoms with Gasteiger partial charge in [-0.1, -0.05) is 29.3 Å². The normalized spacial score (nSPS) is 12.6. The maximum absolute atomic E-state index is 12.3. The molecule has 0 saturated carbocycles. The first kappa shape index (κ1) is 16.7. The van der Waals surface area contributed by atoms with Crippen LogP contribution in [0.4, 0.5) is 0 Å². The van der Waals surface area contributed by atoms with E-state index in [4.69, 9.17) is 42.1 Å². The van der Waals surface area contributed by atoms with Crippen LogP contribution in [0.1, 0.15) is 15.9 Å². The number of hydrogen-bond acceptors (Lipinski definition) is 5. The minimum atomic E-state index is -0.517. The van der Waals surface area contributed by atoms with Crippen molar-refractivity contribution in [2.75, 3.05) is 20.3 Å². The fourth-order valence-corrected chi connectivity index (χ4v) is 2.72. The molecule has 7 heteroatoms. The van der Waals surface area contributed by atoms with Crippen LogP contribution >= 0.6 is 23.2 Å². The van der Waals surface area contributed by atoms with E-state index in [2.05, 4.69) is 0 Å². The quantitative estimate of drug-likeness (QED) is 0.759. The number of benzene rings is 2. The van der Waals surface area contributed by atoms with Gasteiger partial charge in [0.05, 0.1) is 12.7 Å². The Bertz CT molecular complexity index is 759. The summed E-state index contributed by atoms with van der Waals surface area (Å²) in [6.07, 6.45) is 0. The maximum atomic E-state index is 12.3. The number of rotatable bonds is 4. The SMILES string of the molecule is COc1cc(C(=O)OCc2ccc(Cl)cc2Cl)cc2c1OCCO2. The maximum Gasteiger partial charge on any atom is 0.338 e. The average Bonchev–Trinajstić information content (AvgIpc) is 2.59. The predicted molar refractivity (Wildman–Crippen MR) is 89.6 cm³/mol. The van der Waals surface area contributed by atoms with Gasteiger partial charge in [-0.15, -0.1) is 0 Å². The van der Waals surface area contributed by atoms with Gasteiger partial charge in [0.1, 0.15) is 19.8 Å². The van der Waals surface area contributed by atoms with E-state index in [0.717, 1.165) is 0 Å². The number of carbonyl (C=O) groups is 1. The molecule has 3 rings (SSSR count). The molecular weight excluding hydrogens is 355 g/mol. The summed E-state index contributed by atoms with van der Waals surface area (Å²) in [5.41, 5.74) is 0.972. The molecule has 0 atom stereocenters. The highest BCUT2D eigenvalue weighted by atomic mass is 35.5. The van der Waals surface area contributed by atoms with Crippen molar-refractivity contribution in [2.24, 2.45) is 0 Å². The van der Waals surface area contributed by atoms with Crippen LogP contribution < -0.4 is 14.2 Å². The Morgan fingerprint density at radius 2 is 1.96 bits per heavy atom. The molecular formula is C17H14Cl2O5.